The van der Waals surface area contributed by atoms with Crippen LogP contribution in [-0.4, -0.2) is 49.9 Å². The lowest BCUT2D eigenvalue weighted by atomic mass is 10.1. The smallest absolute Gasteiger partial charge is 0.263 e. The van der Waals surface area contributed by atoms with Crippen molar-refractivity contribution in [3.63, 3.8) is 0 Å². The number of rotatable bonds is 7. The normalized spacial score (nSPS) is 12.4. The molecule has 0 aliphatic carbocycles. The van der Waals surface area contributed by atoms with Crippen molar-refractivity contribution in [2.75, 3.05) is 27.5 Å². The first kappa shape index (κ1) is 20.2. The van der Waals surface area contributed by atoms with Crippen molar-refractivity contribution in [2.45, 2.75) is 13.5 Å². The average molecular weight is 397 g/mol. The maximum atomic E-state index is 12.3. The van der Waals surface area contributed by atoms with E-state index in [1.54, 1.807) is 38.1 Å². The average Bonchev–Trinajstić information content (AvgIpc) is 3.21. The summed E-state index contributed by atoms with van der Waals surface area (Å²) in [5.41, 5.74) is 2.94. The standard InChI is InChI=1S/C21H23N3O5/c1-14(17-8-9-18-19(10-17)28-13-27-18)23-29-12-20(25)24(3)11-15-4-6-16(7-5-15)21(26)22-2/h4-10H,11-13H2,1-3H3,(H,22,26)/b23-14-. The number of hydrogen-bond acceptors (Lipinski definition) is 6. The fraction of sp³-hybridized carbons (Fsp3) is 0.286. The molecule has 1 aliphatic rings. The van der Waals surface area contributed by atoms with Crippen molar-refractivity contribution in [1.82, 2.24) is 10.2 Å². The number of ether oxygens (including phenoxy) is 2. The van der Waals surface area contributed by atoms with E-state index in [4.69, 9.17) is 14.3 Å². The van der Waals surface area contributed by atoms with E-state index in [2.05, 4.69) is 10.5 Å². The second-order valence-electron chi connectivity index (χ2n) is 6.54. The highest BCUT2D eigenvalue weighted by Crippen LogP contribution is 2.32. The summed E-state index contributed by atoms with van der Waals surface area (Å²) in [6.07, 6.45) is 0. The Morgan fingerprint density at radius 3 is 2.52 bits per heavy atom. The molecule has 8 heteroatoms. The SMILES string of the molecule is CNC(=O)c1ccc(CN(C)C(=O)CO/N=C(/C)c2ccc3c(c2)OCO3)cc1. The van der Waals surface area contributed by atoms with Crippen LogP contribution in [0.1, 0.15) is 28.4 Å². The van der Waals surface area contributed by atoms with Crippen LogP contribution in [0.25, 0.3) is 0 Å². The maximum absolute atomic E-state index is 12.3. The molecule has 3 rings (SSSR count). The summed E-state index contributed by atoms with van der Waals surface area (Å²) >= 11 is 0. The monoisotopic (exact) mass is 397 g/mol. The quantitative estimate of drug-likeness (QED) is 0.571. The minimum Gasteiger partial charge on any atom is -0.454 e. The van der Waals surface area contributed by atoms with Crippen LogP contribution in [0.4, 0.5) is 0 Å². The molecule has 2 aromatic carbocycles. The number of likely N-dealkylation sites (N-methyl/N-ethyl adjacent to an activating group) is 1. The zero-order chi connectivity index (χ0) is 20.8. The molecule has 0 radical (unpaired) electrons. The Morgan fingerprint density at radius 2 is 1.79 bits per heavy atom. The summed E-state index contributed by atoms with van der Waals surface area (Å²) < 4.78 is 10.6. The molecule has 0 spiro atoms. The van der Waals surface area contributed by atoms with Gasteiger partial charge in [-0.25, -0.2) is 0 Å². The third-order valence-corrected chi connectivity index (χ3v) is 4.47. The van der Waals surface area contributed by atoms with Crippen molar-refractivity contribution < 1.29 is 23.9 Å². The van der Waals surface area contributed by atoms with Crippen molar-refractivity contribution in [3.8, 4) is 11.5 Å². The van der Waals surface area contributed by atoms with Gasteiger partial charge in [-0.1, -0.05) is 17.3 Å². The first-order chi connectivity index (χ1) is 14.0. The van der Waals surface area contributed by atoms with Crippen molar-refractivity contribution >= 4 is 17.5 Å². The number of nitrogens with one attached hydrogen (secondary N) is 1. The molecule has 29 heavy (non-hydrogen) atoms. The number of hydrogen-bond donors (Lipinski definition) is 1. The Hall–Kier alpha value is -3.55. The summed E-state index contributed by atoms with van der Waals surface area (Å²) in [6.45, 7) is 2.23. The Balaban J connectivity index is 1.50. The number of carbonyl (C=O) groups is 2. The van der Waals surface area contributed by atoms with Crippen molar-refractivity contribution in [2.24, 2.45) is 5.16 Å². The van der Waals surface area contributed by atoms with Crippen LogP contribution in [0.3, 0.4) is 0 Å². The molecule has 1 heterocycles. The van der Waals surface area contributed by atoms with Crippen LogP contribution in [0.2, 0.25) is 0 Å². The highest BCUT2D eigenvalue weighted by atomic mass is 16.7. The Labute approximate surface area is 169 Å². The third-order valence-electron chi connectivity index (χ3n) is 4.47. The second kappa shape index (κ2) is 9.09. The fourth-order valence-corrected chi connectivity index (χ4v) is 2.74. The number of benzene rings is 2. The predicted molar refractivity (Wildman–Crippen MR) is 107 cm³/mol. The van der Waals surface area contributed by atoms with E-state index in [9.17, 15) is 9.59 Å². The summed E-state index contributed by atoms with van der Waals surface area (Å²) in [5.74, 6) is 1.01. The van der Waals surface area contributed by atoms with Crippen LogP contribution in [0.5, 0.6) is 11.5 Å². The summed E-state index contributed by atoms with van der Waals surface area (Å²) in [7, 11) is 3.27. The lowest BCUT2D eigenvalue weighted by Gasteiger charge is -2.16. The van der Waals surface area contributed by atoms with Gasteiger partial charge in [-0.3, -0.25) is 9.59 Å². The van der Waals surface area contributed by atoms with Gasteiger partial charge in [0.1, 0.15) is 0 Å². The van der Waals surface area contributed by atoms with Crippen molar-refractivity contribution in [3.05, 3.63) is 59.2 Å². The fourth-order valence-electron chi connectivity index (χ4n) is 2.74. The summed E-state index contributed by atoms with van der Waals surface area (Å²) in [6, 6.07) is 12.6. The predicted octanol–water partition coefficient (Wildman–Crippen LogP) is 2.17. The highest BCUT2D eigenvalue weighted by Gasteiger charge is 2.15. The van der Waals surface area contributed by atoms with Crippen LogP contribution in [0, 0.1) is 0 Å². The van der Waals surface area contributed by atoms with Crippen LogP contribution in [-0.2, 0) is 16.2 Å². The molecule has 0 fully saturated rings. The van der Waals surface area contributed by atoms with Gasteiger partial charge >= 0.3 is 0 Å². The van der Waals surface area contributed by atoms with Gasteiger partial charge in [-0.2, -0.15) is 0 Å². The van der Waals surface area contributed by atoms with E-state index in [1.807, 2.05) is 30.3 Å². The van der Waals surface area contributed by atoms with Gasteiger partial charge < -0.3 is 24.5 Å². The Bertz CT molecular complexity index is 924. The minimum absolute atomic E-state index is 0.148. The Morgan fingerprint density at radius 1 is 1.10 bits per heavy atom. The van der Waals surface area contributed by atoms with Crippen molar-refractivity contribution in [1.29, 1.82) is 0 Å². The van der Waals surface area contributed by atoms with Crippen LogP contribution >= 0.6 is 0 Å². The molecule has 1 N–H and O–H groups in total. The maximum Gasteiger partial charge on any atom is 0.263 e. The van der Waals surface area contributed by atoms with Gasteiger partial charge in [0.25, 0.3) is 11.8 Å². The molecule has 0 atom stereocenters. The molecule has 8 nitrogen and oxygen atoms in total. The summed E-state index contributed by atoms with van der Waals surface area (Å²) in [5, 5.41) is 6.59. The van der Waals surface area contributed by atoms with Gasteiger partial charge in [-0.15, -0.1) is 0 Å². The van der Waals surface area contributed by atoms with E-state index >= 15 is 0 Å². The number of amides is 2. The van der Waals surface area contributed by atoms with Gasteiger partial charge in [0, 0.05) is 31.8 Å². The number of nitrogens with zero attached hydrogens (tertiary/aromatic N) is 2. The van der Waals surface area contributed by atoms with E-state index in [0.29, 0.717) is 29.3 Å². The molecular formula is C21H23N3O5. The molecule has 2 aromatic rings. The van der Waals surface area contributed by atoms with Gasteiger partial charge in [0.05, 0.1) is 5.71 Å². The first-order valence-electron chi connectivity index (χ1n) is 9.09. The lowest BCUT2D eigenvalue weighted by molar-refractivity contribution is -0.135. The molecular weight excluding hydrogens is 374 g/mol. The van der Waals surface area contributed by atoms with Crippen LogP contribution in [0.15, 0.2) is 47.6 Å². The molecule has 2 amide bonds. The number of carbonyl (C=O) groups excluding carboxylic acids is 2. The van der Waals surface area contributed by atoms with Gasteiger partial charge in [0.2, 0.25) is 6.79 Å². The molecule has 0 bridgehead atoms. The zero-order valence-electron chi connectivity index (χ0n) is 16.6. The van der Waals surface area contributed by atoms with Gasteiger partial charge in [-0.05, 0) is 42.8 Å². The third kappa shape index (κ3) is 5.04. The number of oxime groups is 1. The molecule has 152 valence electrons. The van der Waals surface area contributed by atoms with Gasteiger partial charge in [0.15, 0.2) is 18.1 Å². The van der Waals surface area contributed by atoms with E-state index in [1.165, 1.54) is 0 Å². The topological polar surface area (TPSA) is 89.5 Å². The Kier molecular flexibility index (Phi) is 6.33. The van der Waals surface area contributed by atoms with Crippen LogP contribution < -0.4 is 14.8 Å². The zero-order valence-corrected chi connectivity index (χ0v) is 16.6. The lowest BCUT2D eigenvalue weighted by Crippen LogP contribution is -2.29. The number of fused-ring (bicyclic) bond motifs is 1. The summed E-state index contributed by atoms with van der Waals surface area (Å²) in [4.78, 5) is 30.6. The second-order valence-corrected chi connectivity index (χ2v) is 6.54. The molecule has 1 aliphatic heterocycles. The van der Waals surface area contributed by atoms with E-state index in [0.717, 1.165) is 11.1 Å². The molecule has 0 saturated heterocycles. The van der Waals surface area contributed by atoms with E-state index < -0.39 is 0 Å². The molecule has 0 aromatic heterocycles. The first-order valence-corrected chi connectivity index (χ1v) is 9.09. The minimum atomic E-state index is -0.206. The molecule has 0 saturated carbocycles. The highest BCUT2D eigenvalue weighted by molar-refractivity contribution is 5.99. The van der Waals surface area contributed by atoms with E-state index in [-0.39, 0.29) is 25.2 Å². The largest absolute Gasteiger partial charge is 0.454 e. The molecule has 0 unspecified atom stereocenters.